The molecule has 1 saturated heterocycles. The van der Waals surface area contributed by atoms with Crippen molar-refractivity contribution in [2.45, 2.75) is 61.0 Å². The van der Waals surface area contributed by atoms with Gasteiger partial charge in [-0.3, -0.25) is 14.1 Å². The van der Waals surface area contributed by atoms with Crippen LogP contribution in [0.15, 0.2) is 35.6 Å². The van der Waals surface area contributed by atoms with Crippen LogP contribution in [0, 0.1) is 0 Å². The topological polar surface area (TPSA) is 58.6 Å². The molecule has 0 aromatic heterocycles. The Bertz CT molecular complexity index is 494. The summed E-state index contributed by atoms with van der Waals surface area (Å²) in [6.07, 6.45) is 8.79. The monoisotopic (exact) mass is 424 g/mol. The maximum absolute atomic E-state index is 11.5. The first-order chi connectivity index (χ1) is 13.8. The maximum atomic E-state index is 11.5. The molecule has 0 aromatic rings. The van der Waals surface area contributed by atoms with Gasteiger partial charge in [-0.2, -0.15) is 0 Å². The van der Waals surface area contributed by atoms with Gasteiger partial charge in [0, 0.05) is 19.7 Å². The summed E-state index contributed by atoms with van der Waals surface area (Å²) >= 11 is 0. The molecule has 2 rings (SSSR count). The first-order valence-corrected chi connectivity index (χ1v) is 9.56. The molecule has 0 radical (unpaired) electrons. The molecule has 1 atom stereocenters. The van der Waals surface area contributed by atoms with Crippen LogP contribution in [0.1, 0.15) is 54.9 Å². The van der Waals surface area contributed by atoms with Crippen molar-refractivity contribution in [2.75, 3.05) is 27.7 Å². The third kappa shape index (κ3) is 20.3. The number of ether oxygens (including phenoxy) is 1. The smallest absolute Gasteiger partial charge is 0.414 e. The molecule has 1 aliphatic carbocycles. The fraction of sp³-hybridized carbons (Fsp3) is 0.619. The zero-order valence-corrected chi connectivity index (χ0v) is 19.3. The van der Waals surface area contributed by atoms with Crippen LogP contribution in [0.5, 0.6) is 0 Å². The number of amides is 2. The lowest BCUT2D eigenvalue weighted by Gasteiger charge is -2.13. The van der Waals surface area contributed by atoms with Gasteiger partial charge >= 0.3 is 6.09 Å². The van der Waals surface area contributed by atoms with Gasteiger partial charge in [0.1, 0.15) is 6.10 Å². The van der Waals surface area contributed by atoms with Gasteiger partial charge in [-0.1, -0.05) is 51.5 Å². The summed E-state index contributed by atoms with van der Waals surface area (Å²) in [7, 11) is 2.10. The maximum Gasteiger partial charge on any atom is 0.414 e. The summed E-state index contributed by atoms with van der Waals surface area (Å²) < 4.78 is 33.8. The van der Waals surface area contributed by atoms with Gasteiger partial charge in [-0.15, -0.1) is 0 Å². The lowest BCUT2D eigenvalue weighted by atomic mass is 10.2. The van der Waals surface area contributed by atoms with E-state index in [1.165, 1.54) is 12.5 Å². The van der Waals surface area contributed by atoms with Crippen molar-refractivity contribution in [1.82, 2.24) is 10.2 Å². The molecule has 0 saturated carbocycles. The second kappa shape index (κ2) is 25.8. The summed E-state index contributed by atoms with van der Waals surface area (Å²) in [5, 5.41) is 2.39. The average molecular weight is 425 g/mol. The van der Waals surface area contributed by atoms with Crippen LogP contribution in [0.3, 0.4) is 0 Å². The van der Waals surface area contributed by atoms with E-state index < -0.39 is 6.93 Å². The van der Waals surface area contributed by atoms with Crippen molar-refractivity contribution in [3.8, 4) is 0 Å². The number of hydrogen-bond donors (Lipinski definition) is 1. The molecule has 0 spiro atoms. The van der Waals surface area contributed by atoms with Crippen molar-refractivity contribution < 1.29 is 27.5 Å². The van der Waals surface area contributed by atoms with Gasteiger partial charge in [0.25, 0.3) is 0 Å². The van der Waals surface area contributed by atoms with Crippen molar-refractivity contribution in [3.63, 3.8) is 0 Å². The van der Waals surface area contributed by atoms with Gasteiger partial charge in [0.15, 0.2) is 0 Å². The summed E-state index contributed by atoms with van der Waals surface area (Å²) in [6, 6.07) is 0. The van der Waals surface area contributed by atoms with Crippen molar-refractivity contribution >= 4 is 12.0 Å². The highest BCUT2D eigenvalue weighted by molar-refractivity contribution is 5.73. The van der Waals surface area contributed by atoms with E-state index in [4.69, 9.17) is 4.74 Å². The SMILES string of the molecule is CC.CC.CC1=CCC=C(N2C[C@H](C)OC2=O)C=C1.CF.CNC(C)=O.FCF. The van der Waals surface area contributed by atoms with Gasteiger partial charge < -0.3 is 10.1 Å². The van der Waals surface area contributed by atoms with Crippen LogP contribution in [-0.2, 0) is 9.53 Å². The number of nitrogens with one attached hydrogen (secondary N) is 1. The number of hydrogen-bond acceptors (Lipinski definition) is 3. The van der Waals surface area contributed by atoms with Crippen LogP contribution in [0.25, 0.3) is 0 Å². The molecular weight excluding hydrogens is 385 g/mol. The van der Waals surface area contributed by atoms with E-state index in [1.54, 1.807) is 11.9 Å². The first kappa shape index (κ1) is 34.3. The Hall–Kier alpha value is -2.25. The van der Waals surface area contributed by atoms with E-state index >= 15 is 0 Å². The fourth-order valence-electron chi connectivity index (χ4n) is 1.73. The van der Waals surface area contributed by atoms with Crippen LogP contribution < -0.4 is 5.32 Å². The van der Waals surface area contributed by atoms with Crippen LogP contribution in [0.4, 0.5) is 18.0 Å². The highest BCUT2D eigenvalue weighted by atomic mass is 19.3. The number of alkyl halides is 3. The molecule has 0 bridgehead atoms. The number of allylic oxidation sites excluding steroid dienone is 5. The molecule has 1 fully saturated rings. The quantitative estimate of drug-likeness (QED) is 0.571. The lowest BCUT2D eigenvalue weighted by molar-refractivity contribution is -0.118. The molecule has 0 aromatic carbocycles. The molecule has 1 heterocycles. The molecule has 2 amide bonds. The van der Waals surface area contributed by atoms with Gasteiger partial charge in [0.05, 0.1) is 13.7 Å². The molecule has 5 nitrogen and oxygen atoms in total. The number of halogens is 3. The highest BCUT2D eigenvalue weighted by Gasteiger charge is 2.29. The standard InChI is InChI=1S/C12H15NO2.C3H7NO.2C2H6.CH2F2.CH3F/c1-9-4-3-5-11(7-6-9)13-8-10(2)15-12(13)14;1-3(5)4-2;2*1-2;2-1-3;1-2/h4-7,10H,3,8H2,1-2H3;1-2H3,(H,4,5);2*1-2H3;1H2;1H3/t10-;;;;;/m0...../s1. The molecule has 1 aliphatic heterocycles. The zero-order valence-electron chi connectivity index (χ0n) is 19.3. The van der Waals surface area contributed by atoms with E-state index in [2.05, 4.69) is 18.3 Å². The average Bonchev–Trinajstić information content (AvgIpc) is 2.93. The van der Waals surface area contributed by atoms with Crippen molar-refractivity contribution in [1.29, 1.82) is 0 Å². The van der Waals surface area contributed by atoms with E-state index in [9.17, 15) is 22.8 Å². The van der Waals surface area contributed by atoms with E-state index in [-0.39, 0.29) is 18.1 Å². The molecular formula is C21H39F3N2O3. The Balaban J connectivity index is -0.000000187. The van der Waals surface area contributed by atoms with Gasteiger partial charge in [0.2, 0.25) is 12.8 Å². The second-order valence-electron chi connectivity index (χ2n) is 4.86. The predicted octanol–water partition coefficient (Wildman–Crippen LogP) is 5.89. The number of nitrogens with zero attached hydrogens (tertiary/aromatic N) is 1. The van der Waals surface area contributed by atoms with E-state index in [0.717, 1.165) is 12.1 Å². The third-order valence-electron chi connectivity index (χ3n) is 2.91. The van der Waals surface area contributed by atoms with Crippen LogP contribution in [0.2, 0.25) is 0 Å². The molecule has 1 N–H and O–H groups in total. The Morgan fingerprint density at radius 3 is 1.97 bits per heavy atom. The minimum atomic E-state index is -1.75. The third-order valence-corrected chi connectivity index (χ3v) is 2.91. The Morgan fingerprint density at radius 1 is 1.17 bits per heavy atom. The predicted molar refractivity (Wildman–Crippen MR) is 115 cm³/mol. The second-order valence-corrected chi connectivity index (χ2v) is 4.86. The van der Waals surface area contributed by atoms with E-state index in [0.29, 0.717) is 13.7 Å². The molecule has 29 heavy (non-hydrogen) atoms. The van der Waals surface area contributed by atoms with Crippen molar-refractivity contribution in [3.05, 3.63) is 35.6 Å². The van der Waals surface area contributed by atoms with Crippen LogP contribution in [-0.4, -0.2) is 50.7 Å². The molecule has 0 unspecified atom stereocenters. The normalized spacial score (nSPS) is 15.8. The number of carbonyl (C=O) groups is 2. The van der Waals surface area contributed by atoms with Gasteiger partial charge in [-0.25, -0.2) is 13.6 Å². The Morgan fingerprint density at radius 2 is 1.62 bits per heavy atom. The fourth-order valence-corrected chi connectivity index (χ4v) is 1.73. The number of carbonyl (C=O) groups excluding carboxylic acids is 2. The van der Waals surface area contributed by atoms with Crippen LogP contribution >= 0.6 is 0 Å². The zero-order chi connectivity index (χ0) is 23.8. The summed E-state index contributed by atoms with van der Waals surface area (Å²) in [4.78, 5) is 22.9. The first-order valence-electron chi connectivity index (χ1n) is 9.56. The largest absolute Gasteiger partial charge is 0.444 e. The molecule has 172 valence electrons. The highest BCUT2D eigenvalue weighted by Crippen LogP contribution is 2.20. The lowest BCUT2D eigenvalue weighted by Crippen LogP contribution is -2.23. The van der Waals surface area contributed by atoms with Crippen molar-refractivity contribution in [2.24, 2.45) is 0 Å². The molecule has 2 aliphatic rings. The summed E-state index contributed by atoms with van der Waals surface area (Å²) in [6.45, 7) is 12.3. The summed E-state index contributed by atoms with van der Waals surface area (Å²) in [5.41, 5.74) is 2.17. The van der Waals surface area contributed by atoms with E-state index in [1.807, 2.05) is 52.8 Å². The number of cyclic esters (lactones) is 1. The Labute approximate surface area is 174 Å². The minimum absolute atomic E-state index is 0.00463. The van der Waals surface area contributed by atoms with Gasteiger partial charge in [-0.05, 0) is 26.3 Å². The Kier molecular flexibility index (Phi) is 30.4. The number of rotatable bonds is 1. The minimum Gasteiger partial charge on any atom is -0.444 e. The molecule has 8 heteroatoms. The summed E-state index contributed by atoms with van der Waals surface area (Å²) in [5.74, 6) is 0.00463.